The van der Waals surface area contributed by atoms with Crippen molar-refractivity contribution in [1.29, 1.82) is 0 Å². The molecule has 1 aromatic heterocycles. The zero-order valence-electron chi connectivity index (χ0n) is 23.4. The lowest BCUT2D eigenvalue weighted by atomic mass is 9.90. The van der Waals surface area contributed by atoms with E-state index in [1.807, 2.05) is 11.3 Å². The van der Waals surface area contributed by atoms with Crippen LogP contribution < -0.4 is 0 Å². The maximum atomic E-state index is 2.36. The summed E-state index contributed by atoms with van der Waals surface area (Å²) in [6.07, 6.45) is 0. The molecule has 9 rings (SSSR count). The zero-order valence-corrected chi connectivity index (χ0v) is 24.2. The molecule has 0 amide bonds. The van der Waals surface area contributed by atoms with Crippen LogP contribution in [0, 0.1) is 0 Å². The fourth-order valence-corrected chi connectivity index (χ4v) is 7.95. The Morgan fingerprint density at radius 1 is 0.302 bits per heavy atom. The SMILES string of the molecule is c1ccc(-c2cc3ccccc3cc2-c2ccc3c(ccc4cc(-c5cccc6c5sc5ccccc56)ccc43)c2)cc1. The van der Waals surface area contributed by atoms with Gasteiger partial charge in [0.1, 0.15) is 0 Å². The Labute approximate surface area is 254 Å². The van der Waals surface area contributed by atoms with Crippen LogP contribution in [0.2, 0.25) is 0 Å². The van der Waals surface area contributed by atoms with E-state index in [1.54, 1.807) is 0 Å². The van der Waals surface area contributed by atoms with Gasteiger partial charge in [-0.1, -0.05) is 127 Å². The third-order valence-corrected chi connectivity index (χ3v) is 10.1. The highest BCUT2D eigenvalue weighted by atomic mass is 32.1. The van der Waals surface area contributed by atoms with Crippen LogP contribution in [0.1, 0.15) is 0 Å². The molecule has 0 radical (unpaired) electrons. The van der Waals surface area contributed by atoms with Crippen molar-refractivity contribution in [3.05, 3.63) is 158 Å². The first-order chi connectivity index (χ1) is 21.3. The highest BCUT2D eigenvalue weighted by Crippen LogP contribution is 2.42. The molecule has 0 aliphatic carbocycles. The third kappa shape index (κ3) is 3.97. The monoisotopic (exact) mass is 562 g/mol. The van der Waals surface area contributed by atoms with E-state index >= 15 is 0 Å². The maximum Gasteiger partial charge on any atom is 0.0433 e. The number of thiophene rings is 1. The van der Waals surface area contributed by atoms with E-state index in [-0.39, 0.29) is 0 Å². The van der Waals surface area contributed by atoms with E-state index in [1.165, 1.54) is 85.9 Å². The summed E-state index contributed by atoms with van der Waals surface area (Å²) >= 11 is 1.89. The smallest absolute Gasteiger partial charge is 0.0433 e. The number of hydrogen-bond donors (Lipinski definition) is 0. The summed E-state index contributed by atoms with van der Waals surface area (Å²) in [6, 6.07) is 58.0. The maximum absolute atomic E-state index is 2.36. The molecule has 43 heavy (non-hydrogen) atoms. The summed E-state index contributed by atoms with van der Waals surface area (Å²) in [5, 5.41) is 10.3. The highest BCUT2D eigenvalue weighted by Gasteiger charge is 2.13. The second-order valence-electron chi connectivity index (χ2n) is 11.3. The summed E-state index contributed by atoms with van der Waals surface area (Å²) in [7, 11) is 0. The van der Waals surface area contributed by atoms with Crippen molar-refractivity contribution >= 4 is 63.8 Å². The number of benzene rings is 8. The highest BCUT2D eigenvalue weighted by molar-refractivity contribution is 7.26. The molecule has 0 aliphatic heterocycles. The van der Waals surface area contributed by atoms with Crippen LogP contribution in [0.4, 0.5) is 0 Å². The van der Waals surface area contributed by atoms with Crippen molar-refractivity contribution in [2.24, 2.45) is 0 Å². The van der Waals surface area contributed by atoms with Gasteiger partial charge in [0.25, 0.3) is 0 Å². The van der Waals surface area contributed by atoms with Gasteiger partial charge in [0, 0.05) is 20.2 Å². The van der Waals surface area contributed by atoms with Crippen LogP contribution in [0.25, 0.3) is 85.9 Å². The molecule has 0 bridgehead atoms. The van der Waals surface area contributed by atoms with E-state index < -0.39 is 0 Å². The topological polar surface area (TPSA) is 0 Å². The fourth-order valence-electron chi connectivity index (χ4n) is 6.72. The summed E-state index contributed by atoms with van der Waals surface area (Å²) in [4.78, 5) is 0. The fraction of sp³-hybridized carbons (Fsp3) is 0. The molecule has 1 heteroatoms. The van der Waals surface area contributed by atoms with E-state index in [2.05, 4.69) is 158 Å². The molecule has 0 nitrogen and oxygen atoms in total. The van der Waals surface area contributed by atoms with Crippen molar-refractivity contribution in [2.75, 3.05) is 0 Å². The van der Waals surface area contributed by atoms with E-state index in [0.717, 1.165) is 0 Å². The Morgan fingerprint density at radius 2 is 0.884 bits per heavy atom. The van der Waals surface area contributed by atoms with Crippen molar-refractivity contribution in [3.63, 3.8) is 0 Å². The molecule has 0 fully saturated rings. The quantitative estimate of drug-likeness (QED) is 0.188. The first-order valence-electron chi connectivity index (χ1n) is 14.8. The Kier molecular flexibility index (Phi) is 5.47. The van der Waals surface area contributed by atoms with E-state index in [0.29, 0.717) is 0 Å². The van der Waals surface area contributed by atoms with Crippen LogP contribution in [0.15, 0.2) is 158 Å². The van der Waals surface area contributed by atoms with Gasteiger partial charge in [-0.05, 0) is 96.0 Å². The Hall–Kier alpha value is -5.24. The molecule has 0 atom stereocenters. The van der Waals surface area contributed by atoms with Gasteiger partial charge < -0.3 is 0 Å². The first-order valence-corrected chi connectivity index (χ1v) is 15.6. The van der Waals surface area contributed by atoms with Gasteiger partial charge in [0.05, 0.1) is 0 Å². The van der Waals surface area contributed by atoms with E-state index in [4.69, 9.17) is 0 Å². The Balaban J connectivity index is 1.19. The van der Waals surface area contributed by atoms with Gasteiger partial charge >= 0.3 is 0 Å². The average Bonchev–Trinajstić information content (AvgIpc) is 3.46. The lowest BCUT2D eigenvalue weighted by molar-refractivity contribution is 1.62. The molecule has 0 aliphatic rings. The van der Waals surface area contributed by atoms with Gasteiger partial charge in [0.2, 0.25) is 0 Å². The zero-order chi connectivity index (χ0) is 28.3. The normalized spacial score (nSPS) is 11.7. The summed E-state index contributed by atoms with van der Waals surface area (Å²) in [6.45, 7) is 0. The second kappa shape index (κ2) is 9.66. The third-order valence-electron chi connectivity index (χ3n) is 8.83. The molecule has 0 unspecified atom stereocenters. The van der Waals surface area contributed by atoms with Crippen LogP contribution in [-0.2, 0) is 0 Å². The lowest BCUT2D eigenvalue weighted by Crippen LogP contribution is -1.88. The molecule has 0 spiro atoms. The van der Waals surface area contributed by atoms with Gasteiger partial charge in [-0.25, -0.2) is 0 Å². The van der Waals surface area contributed by atoms with Crippen LogP contribution in [0.3, 0.4) is 0 Å². The average molecular weight is 563 g/mol. The Bertz CT molecular complexity index is 2500. The van der Waals surface area contributed by atoms with Crippen molar-refractivity contribution in [1.82, 2.24) is 0 Å². The predicted octanol–water partition coefficient (Wildman–Crippen LogP) is 12.5. The number of hydrogen-bond acceptors (Lipinski definition) is 1. The minimum absolute atomic E-state index is 1.24. The van der Waals surface area contributed by atoms with E-state index in [9.17, 15) is 0 Å². The number of rotatable bonds is 3. The second-order valence-corrected chi connectivity index (χ2v) is 12.4. The molecular weight excluding hydrogens is 537 g/mol. The summed E-state index contributed by atoms with van der Waals surface area (Å²) in [5.74, 6) is 0. The standard InChI is InChI=1S/C42H26S/c1-2-9-27(10-3-1)39-25-28-11-4-5-12-29(28)26-40(39)33-20-22-35-31(24-33)18-17-30-23-32(19-21-34(30)35)36-14-8-15-38-37-13-6-7-16-41(37)43-42(36)38/h1-26H. The molecule has 0 saturated heterocycles. The van der Waals surface area contributed by atoms with Gasteiger partial charge in [-0.3, -0.25) is 0 Å². The van der Waals surface area contributed by atoms with Crippen LogP contribution in [-0.4, -0.2) is 0 Å². The lowest BCUT2D eigenvalue weighted by Gasteiger charge is -2.14. The molecule has 9 aromatic rings. The van der Waals surface area contributed by atoms with Crippen molar-refractivity contribution < 1.29 is 0 Å². The Morgan fingerprint density at radius 3 is 1.60 bits per heavy atom. The molecule has 1 heterocycles. The van der Waals surface area contributed by atoms with Gasteiger partial charge in [-0.2, -0.15) is 0 Å². The van der Waals surface area contributed by atoms with Crippen molar-refractivity contribution in [2.45, 2.75) is 0 Å². The summed E-state index contributed by atoms with van der Waals surface area (Å²) in [5.41, 5.74) is 7.58. The minimum atomic E-state index is 1.24. The predicted molar refractivity (Wildman–Crippen MR) is 188 cm³/mol. The molecule has 0 saturated carbocycles. The summed E-state index contributed by atoms with van der Waals surface area (Å²) < 4.78 is 2.70. The molecular formula is C42H26S. The van der Waals surface area contributed by atoms with Gasteiger partial charge in [0.15, 0.2) is 0 Å². The minimum Gasteiger partial charge on any atom is -0.135 e. The molecule has 200 valence electrons. The molecule has 8 aromatic carbocycles. The number of fused-ring (bicyclic) bond motifs is 7. The van der Waals surface area contributed by atoms with Crippen molar-refractivity contribution in [3.8, 4) is 33.4 Å². The largest absolute Gasteiger partial charge is 0.135 e. The van der Waals surface area contributed by atoms with Crippen LogP contribution in [0.5, 0.6) is 0 Å². The van der Waals surface area contributed by atoms with Gasteiger partial charge in [-0.15, -0.1) is 11.3 Å². The molecule has 0 N–H and O–H groups in total. The van der Waals surface area contributed by atoms with Crippen LogP contribution >= 0.6 is 11.3 Å². The first kappa shape index (κ1) is 24.4.